The zero-order valence-corrected chi connectivity index (χ0v) is 9.33. The maximum Gasteiger partial charge on any atom is 0.162 e. The van der Waals surface area contributed by atoms with Crippen LogP contribution in [0, 0.1) is 0 Å². The molecule has 0 bridgehead atoms. The van der Waals surface area contributed by atoms with Crippen LogP contribution in [0.15, 0.2) is 18.4 Å². The van der Waals surface area contributed by atoms with E-state index in [1.807, 2.05) is 0 Å². The van der Waals surface area contributed by atoms with E-state index in [1.54, 1.807) is 6.07 Å². The van der Waals surface area contributed by atoms with E-state index in [2.05, 4.69) is 0 Å². The molecule has 1 atom stereocenters. The van der Waals surface area contributed by atoms with Crippen LogP contribution in [0.25, 0.3) is 0 Å². The van der Waals surface area contributed by atoms with Gasteiger partial charge in [-0.05, 0) is 6.07 Å². The summed E-state index contributed by atoms with van der Waals surface area (Å²) >= 11 is 13.0. The van der Waals surface area contributed by atoms with Crippen molar-refractivity contribution in [3.8, 4) is 0 Å². The van der Waals surface area contributed by atoms with E-state index in [4.69, 9.17) is 27.9 Å². The van der Waals surface area contributed by atoms with E-state index in [0.29, 0.717) is 15.1 Å². The van der Waals surface area contributed by atoms with Gasteiger partial charge in [0.2, 0.25) is 0 Å². The van der Waals surface area contributed by atoms with Gasteiger partial charge in [-0.2, -0.15) is 0 Å². The number of rotatable bonds is 1. The highest BCUT2D eigenvalue weighted by Gasteiger charge is 2.22. The lowest BCUT2D eigenvalue weighted by Gasteiger charge is -2.17. The summed E-state index contributed by atoms with van der Waals surface area (Å²) in [4.78, 5) is 11.1. The third kappa shape index (κ3) is 1.95. The Bertz CT molecular complexity index is 398. The lowest BCUT2D eigenvalue weighted by atomic mass is 10.1. The van der Waals surface area contributed by atoms with E-state index in [1.165, 1.54) is 23.7 Å². The maximum absolute atomic E-state index is 11.1. The fraction of sp³-hybridized carbons (Fsp3) is 0.222. The minimum atomic E-state index is -0.288. The summed E-state index contributed by atoms with van der Waals surface area (Å²) in [6.07, 6.45) is 2.85. The first-order valence-electron chi connectivity index (χ1n) is 3.96. The van der Waals surface area contributed by atoms with Gasteiger partial charge < -0.3 is 4.74 Å². The molecule has 2 nitrogen and oxygen atoms in total. The molecule has 0 aliphatic carbocycles. The highest BCUT2D eigenvalue weighted by Crippen LogP contribution is 2.38. The Morgan fingerprint density at radius 2 is 2.29 bits per heavy atom. The lowest BCUT2D eigenvalue weighted by Crippen LogP contribution is -2.10. The Labute approximate surface area is 95.1 Å². The summed E-state index contributed by atoms with van der Waals surface area (Å²) in [5, 5.41) is 0. The molecule has 0 aromatic carbocycles. The van der Waals surface area contributed by atoms with Crippen LogP contribution in [0.1, 0.15) is 18.1 Å². The molecule has 14 heavy (non-hydrogen) atoms. The van der Waals surface area contributed by atoms with Crippen molar-refractivity contribution in [1.29, 1.82) is 0 Å². The molecular formula is C9H6Cl2O2S. The Morgan fingerprint density at radius 3 is 2.86 bits per heavy atom. The number of ether oxygens (including phenoxy) is 1. The molecule has 0 radical (unpaired) electrons. The molecule has 1 unspecified atom stereocenters. The van der Waals surface area contributed by atoms with E-state index in [0.717, 1.165) is 5.56 Å². The predicted octanol–water partition coefficient (Wildman–Crippen LogP) is 3.60. The van der Waals surface area contributed by atoms with Gasteiger partial charge in [0.15, 0.2) is 5.78 Å². The van der Waals surface area contributed by atoms with Gasteiger partial charge in [0.05, 0.1) is 17.0 Å². The zero-order valence-electron chi connectivity index (χ0n) is 7.00. The number of ketones is 1. The van der Waals surface area contributed by atoms with Crippen LogP contribution in [0.3, 0.4) is 0 Å². The van der Waals surface area contributed by atoms with Crippen LogP contribution < -0.4 is 0 Å². The second-order valence-corrected chi connectivity index (χ2v) is 5.16. The zero-order chi connectivity index (χ0) is 10.1. The van der Waals surface area contributed by atoms with Gasteiger partial charge >= 0.3 is 0 Å². The maximum atomic E-state index is 11.1. The van der Waals surface area contributed by atoms with Crippen LogP contribution in [0.5, 0.6) is 0 Å². The third-order valence-electron chi connectivity index (χ3n) is 1.91. The quantitative estimate of drug-likeness (QED) is 0.760. The largest absolute Gasteiger partial charge is 0.493 e. The molecule has 0 saturated carbocycles. The number of hydrogen-bond donors (Lipinski definition) is 0. The first-order chi connectivity index (χ1) is 6.66. The van der Waals surface area contributed by atoms with Gasteiger partial charge in [0.25, 0.3) is 0 Å². The Hall–Kier alpha value is -0.510. The minimum Gasteiger partial charge on any atom is -0.493 e. The molecule has 1 aliphatic rings. The highest BCUT2D eigenvalue weighted by molar-refractivity contribution is 7.20. The number of carbonyl (C=O) groups is 1. The van der Waals surface area contributed by atoms with Crippen molar-refractivity contribution in [3.05, 3.63) is 32.6 Å². The summed E-state index contributed by atoms with van der Waals surface area (Å²) in [6.45, 7) is 0. The Balaban J connectivity index is 2.27. The molecular weight excluding hydrogens is 243 g/mol. The van der Waals surface area contributed by atoms with Gasteiger partial charge in [-0.3, -0.25) is 4.79 Å². The van der Waals surface area contributed by atoms with Gasteiger partial charge in [0, 0.05) is 11.6 Å². The van der Waals surface area contributed by atoms with E-state index in [9.17, 15) is 4.79 Å². The molecule has 74 valence electrons. The average molecular weight is 249 g/mol. The number of hydrogen-bond acceptors (Lipinski definition) is 3. The second kappa shape index (κ2) is 3.93. The number of thiophene rings is 1. The van der Waals surface area contributed by atoms with Crippen LogP contribution >= 0.6 is 34.5 Å². The lowest BCUT2D eigenvalue weighted by molar-refractivity contribution is -0.118. The van der Waals surface area contributed by atoms with Gasteiger partial charge in [-0.1, -0.05) is 23.2 Å². The molecule has 0 saturated heterocycles. The Kier molecular flexibility index (Phi) is 2.81. The standard InChI is InChI=1S/C9H6Cl2O2S/c10-8-4-6(9(11)14-8)7-3-5(12)1-2-13-7/h1-2,4,7H,3H2. The smallest absolute Gasteiger partial charge is 0.162 e. The minimum absolute atomic E-state index is 0.0413. The van der Waals surface area contributed by atoms with Crippen molar-refractivity contribution >= 4 is 40.3 Å². The van der Waals surface area contributed by atoms with Gasteiger partial charge in [-0.15, -0.1) is 11.3 Å². The SMILES string of the molecule is O=C1C=COC(c2cc(Cl)sc2Cl)C1. The average Bonchev–Trinajstić information content (AvgIpc) is 2.45. The van der Waals surface area contributed by atoms with Crippen LogP contribution in [-0.2, 0) is 9.53 Å². The van der Waals surface area contributed by atoms with Crippen molar-refractivity contribution in [3.63, 3.8) is 0 Å². The van der Waals surface area contributed by atoms with E-state index >= 15 is 0 Å². The van der Waals surface area contributed by atoms with Crippen molar-refractivity contribution < 1.29 is 9.53 Å². The van der Waals surface area contributed by atoms with Crippen molar-refractivity contribution in [1.82, 2.24) is 0 Å². The number of halogens is 2. The fourth-order valence-corrected chi connectivity index (χ4v) is 2.82. The molecule has 2 heterocycles. The van der Waals surface area contributed by atoms with Crippen LogP contribution in [0.4, 0.5) is 0 Å². The van der Waals surface area contributed by atoms with Crippen molar-refractivity contribution in [2.45, 2.75) is 12.5 Å². The van der Waals surface area contributed by atoms with Gasteiger partial charge in [0.1, 0.15) is 10.4 Å². The van der Waals surface area contributed by atoms with Crippen molar-refractivity contribution in [2.24, 2.45) is 0 Å². The third-order valence-corrected chi connectivity index (χ3v) is 3.43. The second-order valence-electron chi connectivity index (χ2n) is 2.88. The van der Waals surface area contributed by atoms with E-state index < -0.39 is 0 Å². The molecule has 0 N–H and O–H groups in total. The monoisotopic (exact) mass is 248 g/mol. The summed E-state index contributed by atoms with van der Waals surface area (Å²) < 4.78 is 6.48. The molecule has 2 rings (SSSR count). The Morgan fingerprint density at radius 1 is 1.50 bits per heavy atom. The summed E-state index contributed by atoms with van der Waals surface area (Å²) in [5.74, 6) is 0.0413. The fourth-order valence-electron chi connectivity index (χ4n) is 1.26. The van der Waals surface area contributed by atoms with Gasteiger partial charge in [-0.25, -0.2) is 0 Å². The molecule has 5 heteroatoms. The topological polar surface area (TPSA) is 26.3 Å². The van der Waals surface area contributed by atoms with Crippen molar-refractivity contribution in [2.75, 3.05) is 0 Å². The van der Waals surface area contributed by atoms with E-state index in [-0.39, 0.29) is 11.9 Å². The predicted molar refractivity (Wildman–Crippen MR) is 56.9 cm³/mol. The molecule has 0 fully saturated rings. The summed E-state index contributed by atoms with van der Waals surface area (Å²) in [5.41, 5.74) is 0.791. The van der Waals surface area contributed by atoms with Crippen LogP contribution in [-0.4, -0.2) is 5.78 Å². The molecule has 1 aromatic heterocycles. The van der Waals surface area contributed by atoms with Crippen LogP contribution in [0.2, 0.25) is 8.67 Å². The highest BCUT2D eigenvalue weighted by atomic mass is 35.5. The normalized spacial score (nSPS) is 21.0. The molecule has 1 aromatic rings. The first kappa shape index (κ1) is 10.0. The molecule has 0 amide bonds. The molecule has 1 aliphatic heterocycles. The first-order valence-corrected chi connectivity index (χ1v) is 5.53. The summed E-state index contributed by atoms with van der Waals surface area (Å²) in [6, 6.07) is 1.74. The summed E-state index contributed by atoms with van der Waals surface area (Å²) in [7, 11) is 0. The molecule has 0 spiro atoms. The number of allylic oxidation sites excluding steroid dienone is 1. The number of carbonyl (C=O) groups excluding carboxylic acids is 1.